The van der Waals surface area contributed by atoms with Crippen LogP contribution < -0.4 is 51.4 Å². The fraction of sp³-hybridized carbons (Fsp3) is 1.00. The van der Waals surface area contributed by atoms with E-state index in [4.69, 9.17) is 5.11 Å². The standard InChI is InChI=1S/C24H50O4S.K/c1-2-3-4-5-6-7-8-9-12-15-18-21-24(29(26,27)28)22-19-16-13-10-11-14-17-20-23-25;/h24-25H,2-23H2,1H3,(H,26,27,28);/q;+1/p-1. The predicted octanol–water partition coefficient (Wildman–Crippen LogP) is 4.11. The third-order valence-electron chi connectivity index (χ3n) is 5.97. The molecule has 0 bridgehead atoms. The quantitative estimate of drug-likeness (QED) is 0.138. The van der Waals surface area contributed by atoms with E-state index in [1.807, 2.05) is 0 Å². The van der Waals surface area contributed by atoms with Crippen LogP contribution in [0, 0.1) is 0 Å². The van der Waals surface area contributed by atoms with Crippen molar-refractivity contribution < 1.29 is 69.5 Å². The molecular formula is C24H49KO4S. The van der Waals surface area contributed by atoms with Gasteiger partial charge in [-0.3, -0.25) is 0 Å². The minimum atomic E-state index is -4.16. The first-order valence-electron chi connectivity index (χ1n) is 12.6. The van der Waals surface area contributed by atoms with Gasteiger partial charge in [-0.2, -0.15) is 0 Å². The molecule has 0 heterocycles. The molecule has 0 amide bonds. The van der Waals surface area contributed by atoms with Gasteiger partial charge in [0, 0.05) is 11.9 Å². The van der Waals surface area contributed by atoms with Crippen molar-refractivity contribution in [1.29, 1.82) is 0 Å². The first-order valence-corrected chi connectivity index (χ1v) is 14.0. The van der Waals surface area contributed by atoms with Gasteiger partial charge in [-0.25, -0.2) is 8.42 Å². The maximum absolute atomic E-state index is 11.5. The van der Waals surface area contributed by atoms with Crippen LogP contribution in [0.2, 0.25) is 0 Å². The van der Waals surface area contributed by atoms with Gasteiger partial charge >= 0.3 is 51.4 Å². The summed E-state index contributed by atoms with van der Waals surface area (Å²) in [4.78, 5) is 0. The smallest absolute Gasteiger partial charge is 0.748 e. The van der Waals surface area contributed by atoms with Crippen molar-refractivity contribution >= 4 is 10.1 Å². The Hall–Kier alpha value is 1.51. The van der Waals surface area contributed by atoms with Gasteiger partial charge in [0.1, 0.15) is 0 Å². The number of hydrogen-bond acceptors (Lipinski definition) is 4. The van der Waals surface area contributed by atoms with Crippen molar-refractivity contribution in [2.24, 2.45) is 0 Å². The molecule has 0 aromatic heterocycles. The summed E-state index contributed by atoms with van der Waals surface area (Å²) in [5.41, 5.74) is 0. The minimum Gasteiger partial charge on any atom is -0.748 e. The molecule has 0 aliphatic heterocycles. The topological polar surface area (TPSA) is 77.4 Å². The molecule has 1 N–H and O–H groups in total. The van der Waals surface area contributed by atoms with Crippen molar-refractivity contribution in [3.05, 3.63) is 0 Å². The van der Waals surface area contributed by atoms with Crippen molar-refractivity contribution in [2.75, 3.05) is 6.61 Å². The Morgan fingerprint density at radius 1 is 0.600 bits per heavy atom. The minimum absolute atomic E-state index is 0. The monoisotopic (exact) mass is 472 g/mol. The van der Waals surface area contributed by atoms with Gasteiger partial charge < -0.3 is 9.66 Å². The molecule has 0 radical (unpaired) electrons. The van der Waals surface area contributed by atoms with Gasteiger partial charge in [0.15, 0.2) is 0 Å². The van der Waals surface area contributed by atoms with E-state index in [9.17, 15) is 13.0 Å². The Morgan fingerprint density at radius 3 is 1.20 bits per heavy atom. The summed E-state index contributed by atoms with van der Waals surface area (Å²) >= 11 is 0. The average molecular weight is 473 g/mol. The van der Waals surface area contributed by atoms with Gasteiger partial charge in [0.05, 0.1) is 10.1 Å². The summed E-state index contributed by atoms with van der Waals surface area (Å²) in [7, 11) is -4.16. The van der Waals surface area contributed by atoms with Crippen LogP contribution >= 0.6 is 0 Å². The van der Waals surface area contributed by atoms with Crippen LogP contribution in [0.25, 0.3) is 0 Å². The van der Waals surface area contributed by atoms with Gasteiger partial charge in [-0.05, 0) is 19.3 Å². The van der Waals surface area contributed by atoms with Crippen LogP contribution in [0.15, 0.2) is 0 Å². The molecule has 0 fully saturated rings. The Kier molecular flexibility index (Phi) is 28.2. The summed E-state index contributed by atoms with van der Waals surface area (Å²) in [5.74, 6) is 0. The Morgan fingerprint density at radius 2 is 0.900 bits per heavy atom. The fourth-order valence-corrected chi connectivity index (χ4v) is 4.92. The number of aliphatic hydroxyl groups excluding tert-OH is 1. The molecule has 0 saturated carbocycles. The van der Waals surface area contributed by atoms with E-state index in [-0.39, 0.29) is 58.0 Å². The molecule has 1 atom stereocenters. The third kappa shape index (κ3) is 24.2. The van der Waals surface area contributed by atoms with E-state index < -0.39 is 15.4 Å². The van der Waals surface area contributed by atoms with Crippen LogP contribution in [-0.4, -0.2) is 29.9 Å². The van der Waals surface area contributed by atoms with Crippen LogP contribution in [0.1, 0.15) is 142 Å². The van der Waals surface area contributed by atoms with Crippen molar-refractivity contribution in [2.45, 2.75) is 147 Å². The van der Waals surface area contributed by atoms with E-state index in [2.05, 4.69) is 6.92 Å². The molecule has 1 unspecified atom stereocenters. The molecule has 176 valence electrons. The fourth-order valence-electron chi connectivity index (χ4n) is 4.01. The first kappa shape index (κ1) is 33.7. The number of rotatable bonds is 23. The van der Waals surface area contributed by atoms with E-state index in [0.717, 1.165) is 57.8 Å². The van der Waals surface area contributed by atoms with Gasteiger partial charge in [0.2, 0.25) is 0 Å². The summed E-state index contributed by atoms with van der Waals surface area (Å²) in [6.07, 6.45) is 23.2. The SMILES string of the molecule is CCCCCCCCCCCCCC(CCCCCCCCCCO)S(=O)(=O)[O-].[K+]. The van der Waals surface area contributed by atoms with E-state index >= 15 is 0 Å². The molecule has 6 heteroatoms. The van der Waals surface area contributed by atoms with Crippen molar-refractivity contribution in [1.82, 2.24) is 0 Å². The molecule has 0 aliphatic rings. The third-order valence-corrected chi connectivity index (χ3v) is 7.26. The van der Waals surface area contributed by atoms with Crippen LogP contribution in [0.5, 0.6) is 0 Å². The van der Waals surface area contributed by atoms with E-state index in [0.29, 0.717) is 12.8 Å². The molecule has 0 aliphatic carbocycles. The van der Waals surface area contributed by atoms with E-state index in [1.54, 1.807) is 0 Å². The van der Waals surface area contributed by atoms with Crippen LogP contribution in [0.4, 0.5) is 0 Å². The average Bonchev–Trinajstić information content (AvgIpc) is 2.68. The van der Waals surface area contributed by atoms with Gasteiger partial charge in [-0.15, -0.1) is 0 Å². The second-order valence-electron chi connectivity index (χ2n) is 8.78. The van der Waals surface area contributed by atoms with Crippen molar-refractivity contribution in [3.8, 4) is 0 Å². The molecule has 0 saturated heterocycles. The molecule has 4 nitrogen and oxygen atoms in total. The number of unbranched alkanes of at least 4 members (excludes halogenated alkanes) is 17. The maximum Gasteiger partial charge on any atom is 1.00 e. The maximum atomic E-state index is 11.5. The summed E-state index contributed by atoms with van der Waals surface area (Å²) in [5, 5.41) is 8.07. The molecule has 0 aromatic rings. The van der Waals surface area contributed by atoms with Crippen LogP contribution in [0.3, 0.4) is 0 Å². The molecule has 0 rings (SSSR count). The second-order valence-corrected chi connectivity index (χ2v) is 10.4. The molecule has 0 spiro atoms. The number of aliphatic hydroxyl groups is 1. The first-order chi connectivity index (χ1) is 14.0. The predicted molar refractivity (Wildman–Crippen MR) is 123 cm³/mol. The summed E-state index contributed by atoms with van der Waals surface area (Å²) in [6, 6.07) is 0. The molecule has 30 heavy (non-hydrogen) atoms. The number of hydrogen-bond donors (Lipinski definition) is 1. The zero-order chi connectivity index (χ0) is 21.6. The second kappa shape index (κ2) is 25.1. The zero-order valence-corrected chi connectivity index (χ0v) is 24.2. The van der Waals surface area contributed by atoms with E-state index in [1.165, 1.54) is 64.2 Å². The zero-order valence-electron chi connectivity index (χ0n) is 20.2. The summed E-state index contributed by atoms with van der Waals surface area (Å²) in [6.45, 7) is 2.52. The van der Waals surface area contributed by atoms with Crippen LogP contribution in [-0.2, 0) is 10.1 Å². The summed E-state index contributed by atoms with van der Waals surface area (Å²) < 4.78 is 34.6. The normalized spacial score (nSPS) is 12.6. The molecular weight excluding hydrogens is 423 g/mol. The Bertz CT molecular complexity index is 429. The van der Waals surface area contributed by atoms with Gasteiger partial charge in [0.25, 0.3) is 0 Å². The molecule has 0 aromatic carbocycles. The largest absolute Gasteiger partial charge is 1.00 e. The Labute approximate surface area is 230 Å². The van der Waals surface area contributed by atoms with Gasteiger partial charge in [-0.1, -0.05) is 122 Å². The Balaban J connectivity index is 0. The van der Waals surface area contributed by atoms with Crippen molar-refractivity contribution in [3.63, 3.8) is 0 Å².